The predicted octanol–water partition coefficient (Wildman–Crippen LogP) is 3.26. The summed E-state index contributed by atoms with van der Waals surface area (Å²) in [5.41, 5.74) is 2.81. The second kappa shape index (κ2) is 9.52. The Morgan fingerprint density at radius 3 is 2.59 bits per heavy atom. The lowest BCUT2D eigenvalue weighted by atomic mass is 9.96. The van der Waals surface area contributed by atoms with Crippen molar-refractivity contribution >= 4 is 12.0 Å². The Morgan fingerprint density at radius 2 is 1.93 bits per heavy atom. The number of hydrogen-bond donors (Lipinski definition) is 1. The third-order valence-corrected chi connectivity index (χ3v) is 6.09. The van der Waals surface area contributed by atoms with Crippen molar-refractivity contribution in [2.45, 2.75) is 38.6 Å². The van der Waals surface area contributed by atoms with Gasteiger partial charge in [-0.15, -0.1) is 0 Å². The van der Waals surface area contributed by atoms with Crippen LogP contribution in [0, 0.1) is 11.8 Å². The molecule has 1 saturated carbocycles. The maximum Gasteiger partial charge on any atom is 0.223 e. The zero-order valence-corrected chi connectivity index (χ0v) is 17.2. The van der Waals surface area contributed by atoms with Gasteiger partial charge < -0.3 is 15.1 Å². The molecular formula is C23H35N3O. The van der Waals surface area contributed by atoms with E-state index in [-0.39, 0.29) is 5.91 Å². The average molecular weight is 370 g/mol. The predicted molar refractivity (Wildman–Crippen MR) is 112 cm³/mol. The highest BCUT2D eigenvalue weighted by Gasteiger charge is 2.38. The molecule has 0 bridgehead atoms. The van der Waals surface area contributed by atoms with E-state index in [0.717, 1.165) is 32.1 Å². The van der Waals surface area contributed by atoms with Gasteiger partial charge in [-0.25, -0.2) is 0 Å². The van der Waals surface area contributed by atoms with Gasteiger partial charge in [-0.1, -0.05) is 42.0 Å². The van der Waals surface area contributed by atoms with Crippen molar-refractivity contribution in [3.63, 3.8) is 0 Å². The van der Waals surface area contributed by atoms with Gasteiger partial charge in [0, 0.05) is 33.1 Å². The highest BCUT2D eigenvalue weighted by molar-refractivity contribution is 5.75. The maximum atomic E-state index is 11.7. The zero-order chi connectivity index (χ0) is 19.2. The Bertz CT molecular complexity index is 632. The Morgan fingerprint density at radius 1 is 1.22 bits per heavy atom. The molecule has 1 aliphatic heterocycles. The number of benzene rings is 1. The van der Waals surface area contributed by atoms with Crippen LogP contribution in [0.15, 0.2) is 35.9 Å². The average Bonchev–Trinajstić information content (AvgIpc) is 3.46. The minimum atomic E-state index is 0.234. The molecule has 27 heavy (non-hydrogen) atoms. The number of rotatable bonds is 8. The summed E-state index contributed by atoms with van der Waals surface area (Å²) in [4.78, 5) is 15.9. The summed E-state index contributed by atoms with van der Waals surface area (Å²) >= 11 is 0. The van der Waals surface area contributed by atoms with E-state index in [4.69, 9.17) is 0 Å². The van der Waals surface area contributed by atoms with Gasteiger partial charge >= 0.3 is 0 Å². The smallest absolute Gasteiger partial charge is 0.223 e. The molecule has 148 valence electrons. The van der Waals surface area contributed by atoms with E-state index in [2.05, 4.69) is 53.5 Å². The lowest BCUT2D eigenvalue weighted by molar-refractivity contribution is -0.129. The Hall–Kier alpha value is -1.65. The minimum absolute atomic E-state index is 0.234. The Balaban J connectivity index is 1.32. The van der Waals surface area contributed by atoms with E-state index in [1.165, 1.54) is 30.4 Å². The third-order valence-electron chi connectivity index (χ3n) is 6.09. The summed E-state index contributed by atoms with van der Waals surface area (Å²) in [6.07, 6.45) is 6.76. The Labute approximate surface area is 164 Å². The fourth-order valence-electron chi connectivity index (χ4n) is 4.05. The van der Waals surface area contributed by atoms with E-state index in [1.807, 2.05) is 14.1 Å². The van der Waals surface area contributed by atoms with Crippen LogP contribution in [0.3, 0.4) is 0 Å². The van der Waals surface area contributed by atoms with Gasteiger partial charge in [0.1, 0.15) is 0 Å². The molecule has 2 aliphatic rings. The molecule has 1 N–H and O–H groups in total. The molecular weight excluding hydrogens is 334 g/mol. The van der Waals surface area contributed by atoms with Gasteiger partial charge in [-0.3, -0.25) is 4.79 Å². The lowest BCUT2D eigenvalue weighted by Crippen LogP contribution is -2.39. The molecule has 3 rings (SSSR count). The highest BCUT2D eigenvalue weighted by atomic mass is 16.2. The number of carbonyl (C=O) groups excluding carboxylic acids is 1. The fraction of sp³-hybridized carbons (Fsp3) is 0.609. The number of nitrogens with zero attached hydrogens (tertiary/aromatic N) is 2. The Kier molecular flexibility index (Phi) is 7.08. The number of nitrogens with one attached hydrogen (secondary N) is 1. The van der Waals surface area contributed by atoms with Gasteiger partial charge in [-0.2, -0.15) is 0 Å². The molecule has 4 heteroatoms. The standard InChI is InChI=1S/C23H35N3O/c1-18(15-19-7-5-4-6-8-19)21-16-22(21)24-17-20-9-12-26(13-10-20)14-11-23(27)25(2)3/h4-8,15,20-22,24H,9-14,16-17H2,1-3H3/b18-15+. The van der Waals surface area contributed by atoms with Crippen LogP contribution in [0.5, 0.6) is 0 Å². The minimum Gasteiger partial charge on any atom is -0.349 e. The molecule has 2 fully saturated rings. The van der Waals surface area contributed by atoms with Gasteiger partial charge in [0.2, 0.25) is 5.91 Å². The molecule has 1 amide bonds. The van der Waals surface area contributed by atoms with Gasteiger partial charge in [0.25, 0.3) is 0 Å². The summed E-state index contributed by atoms with van der Waals surface area (Å²) in [5, 5.41) is 3.80. The molecule has 1 aliphatic carbocycles. The zero-order valence-electron chi connectivity index (χ0n) is 17.2. The molecule has 2 unspecified atom stereocenters. The molecule has 4 nitrogen and oxygen atoms in total. The molecule has 1 saturated heterocycles. The molecule has 0 aromatic heterocycles. The van der Waals surface area contributed by atoms with Crippen LogP contribution in [-0.4, -0.2) is 62.0 Å². The van der Waals surface area contributed by atoms with Gasteiger partial charge in [0.15, 0.2) is 0 Å². The molecule has 0 spiro atoms. The van der Waals surface area contributed by atoms with Gasteiger partial charge in [0.05, 0.1) is 0 Å². The van der Waals surface area contributed by atoms with Crippen molar-refractivity contribution in [2.75, 3.05) is 40.3 Å². The summed E-state index contributed by atoms with van der Waals surface area (Å²) in [5.74, 6) is 1.73. The van der Waals surface area contributed by atoms with Crippen molar-refractivity contribution in [3.8, 4) is 0 Å². The molecule has 1 aromatic carbocycles. The van der Waals surface area contributed by atoms with Crippen LogP contribution in [0.25, 0.3) is 6.08 Å². The van der Waals surface area contributed by atoms with Crippen LogP contribution >= 0.6 is 0 Å². The van der Waals surface area contributed by atoms with Crippen molar-refractivity contribution in [1.29, 1.82) is 0 Å². The van der Waals surface area contributed by atoms with Crippen molar-refractivity contribution < 1.29 is 4.79 Å². The molecule has 0 radical (unpaired) electrons. The van der Waals surface area contributed by atoms with E-state index in [0.29, 0.717) is 18.4 Å². The number of carbonyl (C=O) groups is 1. The molecule has 1 aromatic rings. The van der Waals surface area contributed by atoms with Crippen molar-refractivity contribution in [3.05, 3.63) is 41.5 Å². The number of amides is 1. The number of piperidine rings is 1. The topological polar surface area (TPSA) is 35.6 Å². The first-order valence-electron chi connectivity index (χ1n) is 10.4. The molecule has 2 atom stereocenters. The first-order valence-corrected chi connectivity index (χ1v) is 10.4. The van der Waals surface area contributed by atoms with E-state index in [9.17, 15) is 4.79 Å². The summed E-state index contributed by atoms with van der Waals surface area (Å²) in [6, 6.07) is 11.3. The van der Waals surface area contributed by atoms with Crippen LogP contribution in [-0.2, 0) is 4.79 Å². The monoisotopic (exact) mass is 369 g/mol. The summed E-state index contributed by atoms with van der Waals surface area (Å²) in [6.45, 7) is 6.59. The van der Waals surface area contributed by atoms with E-state index >= 15 is 0 Å². The second-order valence-electron chi connectivity index (χ2n) is 8.48. The quantitative estimate of drug-likeness (QED) is 0.764. The highest BCUT2D eigenvalue weighted by Crippen LogP contribution is 2.38. The normalized spacial score (nSPS) is 24.0. The summed E-state index contributed by atoms with van der Waals surface area (Å²) < 4.78 is 0. The number of likely N-dealkylation sites (tertiary alicyclic amines) is 1. The van der Waals surface area contributed by atoms with Crippen molar-refractivity contribution in [2.24, 2.45) is 11.8 Å². The van der Waals surface area contributed by atoms with Crippen LogP contribution < -0.4 is 5.32 Å². The van der Waals surface area contributed by atoms with E-state index in [1.54, 1.807) is 4.90 Å². The second-order valence-corrected chi connectivity index (χ2v) is 8.48. The van der Waals surface area contributed by atoms with Crippen LogP contribution in [0.2, 0.25) is 0 Å². The van der Waals surface area contributed by atoms with Gasteiger partial charge in [-0.05, 0) is 63.2 Å². The van der Waals surface area contributed by atoms with Crippen LogP contribution in [0.4, 0.5) is 0 Å². The SMILES string of the molecule is C/C(=C\c1ccccc1)C1CC1NCC1CCN(CCC(=O)N(C)C)CC1. The summed E-state index contributed by atoms with van der Waals surface area (Å²) in [7, 11) is 3.67. The number of hydrogen-bond acceptors (Lipinski definition) is 3. The maximum absolute atomic E-state index is 11.7. The van der Waals surface area contributed by atoms with Crippen molar-refractivity contribution in [1.82, 2.24) is 15.1 Å². The molecule has 1 heterocycles. The van der Waals surface area contributed by atoms with E-state index < -0.39 is 0 Å². The first-order chi connectivity index (χ1) is 13.0. The van der Waals surface area contributed by atoms with Crippen LogP contribution in [0.1, 0.15) is 38.2 Å². The lowest BCUT2D eigenvalue weighted by Gasteiger charge is -2.32. The third kappa shape index (κ3) is 6.18. The fourth-order valence-corrected chi connectivity index (χ4v) is 4.05. The largest absolute Gasteiger partial charge is 0.349 e. The first kappa shape index (κ1) is 20.1.